The molecule has 2 aromatic rings. The minimum Gasteiger partial charge on any atom is -0.360 e. The van der Waals surface area contributed by atoms with E-state index in [0.29, 0.717) is 42.4 Å². The molecule has 32 heavy (non-hydrogen) atoms. The molecule has 8 nitrogen and oxygen atoms in total. The number of carbonyl (C=O) groups is 1. The molecule has 0 unspecified atom stereocenters. The molecule has 172 valence electrons. The third kappa shape index (κ3) is 4.74. The van der Waals surface area contributed by atoms with Crippen LogP contribution < -0.4 is 5.32 Å². The Labute approximate surface area is 189 Å². The predicted molar refractivity (Wildman–Crippen MR) is 119 cm³/mol. The fraction of sp³-hybridized carbons (Fsp3) is 0.565. The summed E-state index contributed by atoms with van der Waals surface area (Å²) in [7, 11) is -3.53. The third-order valence-electron chi connectivity index (χ3n) is 6.70. The molecule has 2 saturated heterocycles. The van der Waals surface area contributed by atoms with Crippen LogP contribution in [0.3, 0.4) is 0 Å². The molecule has 2 aliphatic heterocycles. The van der Waals surface area contributed by atoms with Crippen LogP contribution in [0, 0.1) is 0 Å². The maximum Gasteiger partial charge on any atom is 0.273 e. The zero-order valence-electron chi connectivity index (χ0n) is 18.2. The maximum absolute atomic E-state index is 13.1. The van der Waals surface area contributed by atoms with E-state index >= 15 is 0 Å². The molecule has 9 heteroatoms. The topological polar surface area (TPSA) is 95.8 Å². The predicted octanol–water partition coefficient (Wildman–Crippen LogP) is 2.73. The van der Waals surface area contributed by atoms with E-state index in [2.05, 4.69) is 15.4 Å². The van der Waals surface area contributed by atoms with Crippen molar-refractivity contribution in [1.82, 2.24) is 19.7 Å². The van der Waals surface area contributed by atoms with Gasteiger partial charge in [0, 0.05) is 37.7 Å². The van der Waals surface area contributed by atoms with Crippen molar-refractivity contribution in [3.05, 3.63) is 47.3 Å². The van der Waals surface area contributed by atoms with Gasteiger partial charge in [-0.05, 0) is 69.3 Å². The molecule has 5 rings (SSSR count). The Hall–Kier alpha value is -2.23. The molecule has 1 N–H and O–H groups in total. The summed E-state index contributed by atoms with van der Waals surface area (Å²) in [6, 6.07) is 8.93. The number of hydrogen-bond acceptors (Lipinski definition) is 6. The number of rotatable bonds is 7. The molecule has 0 bridgehead atoms. The first kappa shape index (κ1) is 21.6. The van der Waals surface area contributed by atoms with E-state index in [-0.39, 0.29) is 11.9 Å². The fourth-order valence-electron chi connectivity index (χ4n) is 4.57. The van der Waals surface area contributed by atoms with Gasteiger partial charge in [-0.25, -0.2) is 8.42 Å². The van der Waals surface area contributed by atoms with E-state index in [1.54, 1.807) is 18.2 Å². The highest BCUT2D eigenvalue weighted by molar-refractivity contribution is 7.89. The lowest BCUT2D eigenvalue weighted by Crippen LogP contribution is -2.46. The van der Waals surface area contributed by atoms with Crippen molar-refractivity contribution in [2.45, 2.75) is 61.9 Å². The summed E-state index contributed by atoms with van der Waals surface area (Å²) in [5.41, 5.74) is 1.45. The minimum absolute atomic E-state index is 0.0714. The first-order chi connectivity index (χ1) is 15.5. The van der Waals surface area contributed by atoms with Crippen molar-refractivity contribution in [3.8, 4) is 0 Å². The van der Waals surface area contributed by atoms with Gasteiger partial charge in [0.25, 0.3) is 5.91 Å². The van der Waals surface area contributed by atoms with Crippen LogP contribution in [-0.2, 0) is 16.6 Å². The van der Waals surface area contributed by atoms with Crippen LogP contribution in [0.1, 0.15) is 66.3 Å². The van der Waals surface area contributed by atoms with E-state index in [9.17, 15) is 13.2 Å². The Balaban J connectivity index is 1.14. The van der Waals surface area contributed by atoms with Crippen LogP contribution in [-0.4, -0.2) is 60.9 Å². The SMILES string of the molecule is O=C(NC1CCN(S(=O)(=O)c2ccc(CN3CCCC3)cc2)CC1)c1cc(C2CC2)on1. The lowest BCUT2D eigenvalue weighted by atomic mass is 10.1. The lowest BCUT2D eigenvalue weighted by molar-refractivity contribution is 0.0914. The van der Waals surface area contributed by atoms with Gasteiger partial charge in [0.2, 0.25) is 10.0 Å². The number of amides is 1. The Kier molecular flexibility index (Phi) is 6.05. The summed E-state index contributed by atoms with van der Waals surface area (Å²) in [6.07, 6.45) is 5.80. The zero-order chi connectivity index (χ0) is 22.1. The summed E-state index contributed by atoms with van der Waals surface area (Å²) < 4.78 is 32.9. The summed E-state index contributed by atoms with van der Waals surface area (Å²) >= 11 is 0. The van der Waals surface area contributed by atoms with Crippen molar-refractivity contribution in [1.29, 1.82) is 0 Å². The van der Waals surface area contributed by atoms with Crippen LogP contribution in [0.2, 0.25) is 0 Å². The van der Waals surface area contributed by atoms with Gasteiger partial charge in [-0.3, -0.25) is 9.69 Å². The van der Waals surface area contributed by atoms with Crippen molar-refractivity contribution < 1.29 is 17.7 Å². The van der Waals surface area contributed by atoms with Crippen LogP contribution in [0.4, 0.5) is 0 Å². The highest BCUT2D eigenvalue weighted by Gasteiger charge is 2.32. The molecular formula is C23H30N4O4S. The molecule has 3 heterocycles. The summed E-state index contributed by atoms with van der Waals surface area (Å²) in [5, 5.41) is 6.85. The standard InChI is InChI=1S/C23H30N4O4S/c28-23(21-15-22(31-25-21)18-5-6-18)24-19-9-13-27(14-10-19)32(29,30)20-7-3-17(4-8-20)16-26-11-1-2-12-26/h3-4,7-8,15,18-19H,1-2,5-6,9-14,16H2,(H,24,28). The van der Waals surface area contributed by atoms with Crippen molar-refractivity contribution in [2.24, 2.45) is 0 Å². The van der Waals surface area contributed by atoms with Crippen molar-refractivity contribution >= 4 is 15.9 Å². The van der Waals surface area contributed by atoms with E-state index in [1.807, 2.05) is 12.1 Å². The van der Waals surface area contributed by atoms with Crippen molar-refractivity contribution in [2.75, 3.05) is 26.2 Å². The number of carbonyl (C=O) groups excluding carboxylic acids is 1. The molecule has 0 atom stereocenters. The third-order valence-corrected chi connectivity index (χ3v) is 8.61. The van der Waals surface area contributed by atoms with Gasteiger partial charge in [0.05, 0.1) is 4.90 Å². The lowest BCUT2D eigenvalue weighted by Gasteiger charge is -2.31. The molecule has 3 fully saturated rings. The van der Waals surface area contributed by atoms with Gasteiger partial charge in [0.1, 0.15) is 5.76 Å². The number of nitrogens with zero attached hydrogens (tertiary/aromatic N) is 3. The summed E-state index contributed by atoms with van der Waals surface area (Å²) in [5.74, 6) is 0.935. The van der Waals surface area contributed by atoms with Gasteiger partial charge in [0.15, 0.2) is 5.69 Å². The quantitative estimate of drug-likeness (QED) is 0.685. The smallest absolute Gasteiger partial charge is 0.273 e. The van der Waals surface area contributed by atoms with Gasteiger partial charge < -0.3 is 9.84 Å². The second kappa shape index (κ2) is 8.96. The molecule has 0 radical (unpaired) electrons. The second-order valence-corrected chi connectivity index (χ2v) is 11.1. The Bertz CT molecular complexity index is 1050. The van der Waals surface area contributed by atoms with Crippen LogP contribution >= 0.6 is 0 Å². The number of benzene rings is 1. The van der Waals surface area contributed by atoms with Crippen LogP contribution in [0.25, 0.3) is 0 Å². The average Bonchev–Trinajstić information content (AvgIpc) is 3.30. The molecule has 1 aromatic carbocycles. The Morgan fingerprint density at radius 2 is 1.72 bits per heavy atom. The van der Waals surface area contributed by atoms with E-state index in [0.717, 1.165) is 43.8 Å². The van der Waals surface area contributed by atoms with Gasteiger partial charge in [-0.15, -0.1) is 0 Å². The summed E-state index contributed by atoms with van der Waals surface area (Å²) in [4.78, 5) is 15.2. The molecular weight excluding hydrogens is 428 g/mol. The Morgan fingerprint density at radius 3 is 2.38 bits per heavy atom. The highest BCUT2D eigenvalue weighted by atomic mass is 32.2. The van der Waals surface area contributed by atoms with E-state index < -0.39 is 10.0 Å². The Morgan fingerprint density at radius 1 is 1.03 bits per heavy atom. The van der Waals surface area contributed by atoms with Gasteiger partial charge >= 0.3 is 0 Å². The number of piperidine rings is 1. The number of likely N-dealkylation sites (tertiary alicyclic amines) is 1. The van der Waals surface area contributed by atoms with E-state index in [4.69, 9.17) is 4.52 Å². The molecule has 1 aliphatic carbocycles. The minimum atomic E-state index is -3.53. The molecule has 1 saturated carbocycles. The fourth-order valence-corrected chi connectivity index (χ4v) is 6.04. The van der Waals surface area contributed by atoms with E-state index in [1.165, 1.54) is 17.1 Å². The number of hydrogen-bond donors (Lipinski definition) is 1. The highest BCUT2D eigenvalue weighted by Crippen LogP contribution is 2.40. The first-order valence-corrected chi connectivity index (χ1v) is 13.0. The normalized spacial score (nSPS) is 21.1. The maximum atomic E-state index is 13.1. The first-order valence-electron chi connectivity index (χ1n) is 11.6. The number of sulfonamides is 1. The molecule has 1 amide bonds. The van der Waals surface area contributed by atoms with Gasteiger partial charge in [-0.1, -0.05) is 17.3 Å². The van der Waals surface area contributed by atoms with Crippen LogP contribution in [0.15, 0.2) is 39.8 Å². The molecule has 3 aliphatic rings. The largest absolute Gasteiger partial charge is 0.360 e. The monoisotopic (exact) mass is 458 g/mol. The van der Waals surface area contributed by atoms with Crippen LogP contribution in [0.5, 0.6) is 0 Å². The zero-order valence-corrected chi connectivity index (χ0v) is 19.0. The second-order valence-electron chi connectivity index (χ2n) is 9.17. The number of aromatic nitrogens is 1. The van der Waals surface area contributed by atoms with Crippen molar-refractivity contribution in [3.63, 3.8) is 0 Å². The number of nitrogens with one attached hydrogen (secondary N) is 1. The molecule has 0 spiro atoms. The molecule has 1 aromatic heterocycles. The van der Waals surface area contributed by atoms with Gasteiger partial charge in [-0.2, -0.15) is 4.31 Å². The summed E-state index contributed by atoms with van der Waals surface area (Å²) in [6.45, 7) is 3.87. The average molecular weight is 459 g/mol.